The number of benzene rings is 2. The summed E-state index contributed by atoms with van der Waals surface area (Å²) in [6, 6.07) is 29.5. The first-order chi connectivity index (χ1) is 20.1. The minimum atomic E-state index is -6.00. The molecule has 0 bridgehead atoms. The van der Waals surface area contributed by atoms with Gasteiger partial charge in [0.25, 0.3) is 0 Å². The molecule has 2 aromatic carbocycles. The maximum absolute atomic E-state index is 9.75. The molecular weight excluding hydrogens is 537 g/mol. The molecule has 0 saturated carbocycles. The monoisotopic (exact) mass is 571 g/mol. The molecule has 5 rings (SSSR count). The smallest absolute Gasteiger partial charge is 0.456 e. The summed E-state index contributed by atoms with van der Waals surface area (Å²) in [5.74, 6) is 1.71. The van der Waals surface area contributed by atoms with Crippen LogP contribution in [-0.4, -0.2) is 7.25 Å². The first-order valence-electron chi connectivity index (χ1n) is 14.0. The summed E-state index contributed by atoms with van der Waals surface area (Å²) in [6.45, 7) is 7.82. The Morgan fingerprint density at radius 2 is 1.19 bits per heavy atom. The highest BCUT2D eigenvalue weighted by Crippen LogP contribution is 2.32. The summed E-state index contributed by atoms with van der Waals surface area (Å²) in [6.07, 6.45) is 13.1. The largest absolute Gasteiger partial charge is 0.673 e. The van der Waals surface area contributed by atoms with Crippen LogP contribution in [0.15, 0.2) is 115 Å². The van der Waals surface area contributed by atoms with Crippen molar-refractivity contribution >= 4 is 24.8 Å². The Balaban J connectivity index is 0.000000748. The highest BCUT2D eigenvalue weighted by atomic mass is 19.5. The Morgan fingerprint density at radius 1 is 0.714 bits per heavy atom. The van der Waals surface area contributed by atoms with Crippen LogP contribution in [0.25, 0.3) is 28.7 Å². The van der Waals surface area contributed by atoms with E-state index in [0.717, 1.165) is 34.8 Å². The lowest BCUT2D eigenvalue weighted by atomic mass is 10.0. The number of fused-ring (bicyclic) bond motifs is 1. The van der Waals surface area contributed by atoms with Crippen LogP contribution in [0.5, 0.6) is 0 Å². The van der Waals surface area contributed by atoms with Gasteiger partial charge in [-0.2, -0.15) is 4.57 Å². The molecule has 0 atom stereocenters. The third-order valence-corrected chi connectivity index (χ3v) is 7.01. The van der Waals surface area contributed by atoms with E-state index in [0.29, 0.717) is 0 Å². The van der Waals surface area contributed by atoms with E-state index in [9.17, 15) is 17.3 Å². The second-order valence-corrected chi connectivity index (χ2v) is 10.0. The molecule has 0 saturated heterocycles. The molecule has 0 aromatic heterocycles. The van der Waals surface area contributed by atoms with Crippen molar-refractivity contribution in [2.45, 2.75) is 40.2 Å². The van der Waals surface area contributed by atoms with Crippen molar-refractivity contribution in [2.24, 2.45) is 0 Å². The number of allylic oxidation sites excluding steroid dienone is 5. The summed E-state index contributed by atoms with van der Waals surface area (Å²) in [5.41, 5.74) is 9.79. The Hall–Kier alpha value is -4.39. The molecule has 2 aliphatic heterocycles. The lowest BCUT2D eigenvalue weighted by molar-refractivity contribution is -0.704. The number of unbranched alkanes of at least 4 members (excludes halogenated alkanes) is 1. The molecule has 42 heavy (non-hydrogen) atoms. The third-order valence-electron chi connectivity index (χ3n) is 7.01. The van der Waals surface area contributed by atoms with Gasteiger partial charge >= 0.3 is 7.25 Å². The standard InChI is InChI=1S/C35H34NO.BF4/c1-4-5-23-36-26(2)32-21-19-28(20-22-33(32)27(36)3)13-12-14-29-24-34(30-15-8-6-9-16-30)37-35(25-29)31-17-10-7-11-18-31;2-1(3,4)5/h6-22,24-25H,4-5,23H2,1-3H3;/q+1;-1/b13-12+;. The molecule has 0 unspecified atom stereocenters. The SMILES string of the molecule is CCCC[n+]1c(C)c2ccc(/C=C/C=C3C=C(c4ccccc4)OC(c4ccccc4)=C3)ccc-2c1C.F[B-](F)(F)F. The number of hydrogen-bond donors (Lipinski definition) is 0. The van der Waals surface area contributed by atoms with Gasteiger partial charge in [0.15, 0.2) is 11.4 Å². The molecule has 0 fully saturated rings. The second-order valence-electron chi connectivity index (χ2n) is 10.0. The Labute approximate surface area is 245 Å². The van der Waals surface area contributed by atoms with E-state index in [1.54, 1.807) is 0 Å². The van der Waals surface area contributed by atoms with Gasteiger partial charge in [-0.3, -0.25) is 0 Å². The zero-order valence-corrected chi connectivity index (χ0v) is 24.0. The van der Waals surface area contributed by atoms with Crippen LogP contribution in [0.3, 0.4) is 0 Å². The molecule has 216 valence electrons. The molecule has 3 aliphatic rings. The topological polar surface area (TPSA) is 13.1 Å². The van der Waals surface area contributed by atoms with E-state index in [4.69, 9.17) is 4.74 Å². The molecule has 0 radical (unpaired) electrons. The number of aromatic nitrogens is 1. The molecule has 0 N–H and O–H groups in total. The fourth-order valence-corrected chi connectivity index (χ4v) is 4.91. The third kappa shape index (κ3) is 8.32. The van der Waals surface area contributed by atoms with Crippen molar-refractivity contribution in [3.8, 4) is 11.1 Å². The highest BCUT2D eigenvalue weighted by molar-refractivity contribution is 6.50. The van der Waals surface area contributed by atoms with Gasteiger partial charge in [0.1, 0.15) is 18.1 Å². The zero-order chi connectivity index (χ0) is 30.1. The van der Waals surface area contributed by atoms with Crippen LogP contribution in [-0.2, 0) is 11.3 Å². The van der Waals surface area contributed by atoms with Gasteiger partial charge in [-0.05, 0) is 35.4 Å². The average molecular weight is 571 g/mol. The second kappa shape index (κ2) is 14.0. The minimum absolute atomic E-state index is 0.855. The molecule has 2 heterocycles. The molecule has 0 amide bonds. The summed E-state index contributed by atoms with van der Waals surface area (Å²) in [5, 5.41) is 0. The number of hydrogen-bond acceptors (Lipinski definition) is 1. The Morgan fingerprint density at radius 3 is 1.64 bits per heavy atom. The molecule has 7 heteroatoms. The minimum Gasteiger partial charge on any atom is -0.456 e. The van der Waals surface area contributed by atoms with Crippen molar-refractivity contribution in [2.75, 3.05) is 0 Å². The van der Waals surface area contributed by atoms with Crippen LogP contribution in [0.1, 0.15) is 47.8 Å². The quantitative estimate of drug-likeness (QED) is 0.122. The maximum Gasteiger partial charge on any atom is 0.673 e. The first kappa shape index (κ1) is 30.6. The van der Waals surface area contributed by atoms with E-state index in [1.165, 1.54) is 40.9 Å². The van der Waals surface area contributed by atoms with E-state index < -0.39 is 7.25 Å². The summed E-state index contributed by atoms with van der Waals surface area (Å²) in [4.78, 5) is 0. The van der Waals surface area contributed by atoms with Crippen LogP contribution < -0.4 is 4.57 Å². The van der Waals surface area contributed by atoms with Crippen LogP contribution in [0.4, 0.5) is 17.3 Å². The molecule has 1 aliphatic carbocycles. The number of nitrogens with zero attached hydrogens (tertiary/aromatic N) is 1. The van der Waals surface area contributed by atoms with Gasteiger partial charge in [-0.15, -0.1) is 0 Å². The fraction of sp³-hybridized carbons (Fsp3) is 0.171. The van der Waals surface area contributed by atoms with Crippen LogP contribution >= 0.6 is 0 Å². The average Bonchev–Trinajstić information content (AvgIpc) is 3.09. The van der Waals surface area contributed by atoms with Crippen molar-refractivity contribution in [3.63, 3.8) is 0 Å². The van der Waals surface area contributed by atoms with Crippen LogP contribution in [0.2, 0.25) is 0 Å². The predicted octanol–water partition coefficient (Wildman–Crippen LogP) is 9.85. The number of ether oxygens (including phenoxy) is 1. The molecule has 2 aromatic rings. The van der Waals surface area contributed by atoms with Gasteiger partial charge in [0.05, 0.1) is 11.1 Å². The van der Waals surface area contributed by atoms with Crippen molar-refractivity contribution in [3.05, 3.63) is 143 Å². The summed E-state index contributed by atoms with van der Waals surface area (Å²) < 4.78 is 47.8. The van der Waals surface area contributed by atoms with Crippen molar-refractivity contribution in [1.29, 1.82) is 0 Å². The molecule has 2 nitrogen and oxygen atoms in total. The maximum atomic E-state index is 9.75. The number of rotatable bonds is 7. The Kier molecular flexibility index (Phi) is 10.2. The molecular formula is C35H34BF4NO. The predicted molar refractivity (Wildman–Crippen MR) is 165 cm³/mol. The number of halogens is 4. The summed E-state index contributed by atoms with van der Waals surface area (Å²) in [7, 11) is -6.00. The lowest BCUT2D eigenvalue weighted by Gasteiger charge is -2.18. The van der Waals surface area contributed by atoms with Crippen molar-refractivity contribution in [1.82, 2.24) is 0 Å². The highest BCUT2D eigenvalue weighted by Gasteiger charge is 2.24. The summed E-state index contributed by atoms with van der Waals surface area (Å²) >= 11 is 0. The van der Waals surface area contributed by atoms with Gasteiger partial charge in [-0.1, -0.05) is 104 Å². The van der Waals surface area contributed by atoms with Crippen LogP contribution in [0, 0.1) is 13.8 Å². The molecule has 0 spiro atoms. The normalized spacial score (nSPS) is 13.3. The van der Waals surface area contributed by atoms with E-state index in [2.05, 4.69) is 104 Å². The first-order valence-corrected chi connectivity index (χ1v) is 14.0. The van der Waals surface area contributed by atoms with E-state index >= 15 is 0 Å². The fourth-order valence-electron chi connectivity index (χ4n) is 4.91. The van der Waals surface area contributed by atoms with Gasteiger partial charge in [0, 0.05) is 31.4 Å². The Bertz CT molecular complexity index is 1490. The zero-order valence-electron chi connectivity index (χ0n) is 24.0. The lowest BCUT2D eigenvalue weighted by Crippen LogP contribution is -2.37. The van der Waals surface area contributed by atoms with Crippen molar-refractivity contribution < 1.29 is 26.6 Å². The van der Waals surface area contributed by atoms with Gasteiger partial charge < -0.3 is 22.0 Å². The van der Waals surface area contributed by atoms with E-state index in [-0.39, 0.29) is 0 Å². The van der Waals surface area contributed by atoms with Gasteiger partial charge in [-0.25, -0.2) is 0 Å². The van der Waals surface area contributed by atoms with Gasteiger partial charge in [0.2, 0.25) is 0 Å². The van der Waals surface area contributed by atoms with E-state index in [1.807, 2.05) is 36.4 Å².